The maximum Gasteiger partial charge on any atom is 0.160 e. The number of ether oxygens (including phenoxy) is 1. The van der Waals surface area contributed by atoms with E-state index >= 15 is 0 Å². The normalized spacial score (nSPS) is 9.30. The Balaban J connectivity index is 3.07. The van der Waals surface area contributed by atoms with E-state index in [0.717, 1.165) is 0 Å². The van der Waals surface area contributed by atoms with Crippen LogP contribution in [0.4, 0.5) is 5.69 Å². The van der Waals surface area contributed by atoms with E-state index in [0.29, 0.717) is 5.75 Å². The Labute approximate surface area is 59.0 Å². The fraction of sp³-hybridized carbons (Fsp3) is 0.143. The van der Waals surface area contributed by atoms with Gasteiger partial charge in [0.05, 0.1) is 12.8 Å². The summed E-state index contributed by atoms with van der Waals surface area (Å²) in [4.78, 5) is 0. The molecule has 3 heteroatoms. The lowest BCUT2D eigenvalue weighted by molar-refractivity contribution is 0.373. The van der Waals surface area contributed by atoms with Crippen molar-refractivity contribution in [2.45, 2.75) is 0 Å². The molecule has 53 valence electrons. The summed E-state index contributed by atoms with van der Waals surface area (Å²) in [6, 6.07) is 4.44. The van der Waals surface area contributed by atoms with E-state index in [-0.39, 0.29) is 11.4 Å². The number of hydrogen-bond acceptors (Lipinski definition) is 2. The van der Waals surface area contributed by atoms with Crippen molar-refractivity contribution in [3.05, 3.63) is 18.2 Å². The van der Waals surface area contributed by atoms with Crippen LogP contribution in [0.15, 0.2) is 18.2 Å². The minimum absolute atomic E-state index is 0.00926. The lowest BCUT2D eigenvalue weighted by Gasteiger charge is -2.01. The fourth-order valence-corrected chi connectivity index (χ4v) is 0.690. The van der Waals surface area contributed by atoms with Crippen molar-refractivity contribution in [2.24, 2.45) is 0 Å². The van der Waals surface area contributed by atoms with Crippen LogP contribution < -0.4 is 10.5 Å². The molecule has 0 saturated heterocycles. The fourth-order valence-electron chi connectivity index (χ4n) is 0.690. The number of phenolic OH excluding ortho intramolecular Hbond substituents is 1. The number of phenols is 1. The summed E-state index contributed by atoms with van der Waals surface area (Å²) >= 11 is 0. The minimum Gasteiger partial charge on any atom is -0.504 e. The van der Waals surface area contributed by atoms with Crippen molar-refractivity contribution in [1.82, 2.24) is 5.73 Å². The molecule has 2 N–H and O–H groups in total. The van der Waals surface area contributed by atoms with Gasteiger partial charge in [-0.25, -0.2) is 0 Å². The second-order valence-electron chi connectivity index (χ2n) is 1.89. The Morgan fingerprint density at radius 3 is 2.70 bits per heavy atom. The van der Waals surface area contributed by atoms with Crippen LogP contribution in [0.3, 0.4) is 0 Å². The summed E-state index contributed by atoms with van der Waals surface area (Å²) in [5.74, 6) is 0.408. The maximum absolute atomic E-state index is 9.05. The highest BCUT2D eigenvalue weighted by atomic mass is 16.5. The number of nitrogens with one attached hydrogen (secondary N) is 1. The predicted molar refractivity (Wildman–Crippen MR) is 37.4 cm³/mol. The maximum atomic E-state index is 9.05. The summed E-state index contributed by atoms with van der Waals surface area (Å²) < 4.78 is 4.77. The van der Waals surface area contributed by atoms with E-state index in [1.807, 2.05) is 0 Å². The van der Waals surface area contributed by atoms with Gasteiger partial charge in [-0.1, -0.05) is 0 Å². The van der Waals surface area contributed by atoms with E-state index in [9.17, 15) is 0 Å². The Kier molecular flexibility index (Phi) is 1.67. The third-order valence-electron chi connectivity index (χ3n) is 1.18. The molecule has 0 heterocycles. The molecular weight excluding hydrogens is 130 g/mol. The van der Waals surface area contributed by atoms with Crippen LogP contribution in [0, 0.1) is 0 Å². The molecule has 0 bridgehead atoms. The highest BCUT2D eigenvalue weighted by Crippen LogP contribution is 2.27. The molecule has 1 radical (unpaired) electrons. The van der Waals surface area contributed by atoms with Crippen LogP contribution >= 0.6 is 0 Å². The predicted octanol–water partition coefficient (Wildman–Crippen LogP) is 1.32. The van der Waals surface area contributed by atoms with E-state index in [1.165, 1.54) is 13.2 Å². The average molecular weight is 138 g/mol. The Hall–Kier alpha value is -1.38. The van der Waals surface area contributed by atoms with Crippen molar-refractivity contribution >= 4 is 5.69 Å². The third kappa shape index (κ3) is 1.13. The SMILES string of the molecule is COc1ccc([NH])cc1O. The summed E-state index contributed by atoms with van der Waals surface area (Å²) in [6.07, 6.45) is 0. The minimum atomic E-state index is 0.00926. The zero-order chi connectivity index (χ0) is 7.56. The van der Waals surface area contributed by atoms with E-state index in [2.05, 4.69) is 0 Å². The summed E-state index contributed by atoms with van der Waals surface area (Å²) in [6.45, 7) is 0. The van der Waals surface area contributed by atoms with Crippen LogP contribution in [0.5, 0.6) is 11.5 Å². The zero-order valence-electron chi connectivity index (χ0n) is 5.59. The molecule has 1 rings (SSSR count). The Morgan fingerprint density at radius 2 is 2.20 bits per heavy atom. The smallest absolute Gasteiger partial charge is 0.160 e. The van der Waals surface area contributed by atoms with Crippen molar-refractivity contribution in [3.8, 4) is 11.5 Å². The number of methoxy groups -OCH3 is 1. The number of hydrogen-bond donors (Lipinski definition) is 1. The zero-order valence-corrected chi connectivity index (χ0v) is 5.59. The first-order chi connectivity index (χ1) is 4.74. The van der Waals surface area contributed by atoms with Gasteiger partial charge in [0.1, 0.15) is 0 Å². The van der Waals surface area contributed by atoms with Gasteiger partial charge in [0.25, 0.3) is 0 Å². The summed E-state index contributed by atoms with van der Waals surface area (Å²) in [5.41, 5.74) is 7.37. The second kappa shape index (κ2) is 2.47. The molecule has 0 spiro atoms. The van der Waals surface area contributed by atoms with Gasteiger partial charge in [0, 0.05) is 6.07 Å². The van der Waals surface area contributed by atoms with Gasteiger partial charge in [-0.3, -0.25) is 0 Å². The molecule has 0 saturated carbocycles. The van der Waals surface area contributed by atoms with Gasteiger partial charge in [-0.15, -0.1) is 0 Å². The molecule has 3 nitrogen and oxygen atoms in total. The monoisotopic (exact) mass is 138 g/mol. The Bertz CT molecular complexity index is 235. The van der Waals surface area contributed by atoms with Crippen LogP contribution in [0.25, 0.3) is 0 Å². The van der Waals surface area contributed by atoms with E-state index in [1.54, 1.807) is 12.1 Å². The molecule has 0 fully saturated rings. The van der Waals surface area contributed by atoms with Crippen LogP contribution in [-0.4, -0.2) is 12.2 Å². The first-order valence-corrected chi connectivity index (χ1v) is 2.82. The second-order valence-corrected chi connectivity index (χ2v) is 1.89. The molecule has 0 amide bonds. The first-order valence-electron chi connectivity index (χ1n) is 2.82. The number of rotatable bonds is 1. The van der Waals surface area contributed by atoms with Crippen molar-refractivity contribution in [2.75, 3.05) is 7.11 Å². The summed E-state index contributed by atoms with van der Waals surface area (Å²) in [7, 11) is 1.47. The molecule has 10 heavy (non-hydrogen) atoms. The van der Waals surface area contributed by atoms with Gasteiger partial charge in [0.15, 0.2) is 11.5 Å². The van der Waals surface area contributed by atoms with Crippen LogP contribution in [0.1, 0.15) is 0 Å². The molecule has 1 aromatic rings. The third-order valence-corrected chi connectivity index (χ3v) is 1.18. The molecule has 0 unspecified atom stereocenters. The lowest BCUT2D eigenvalue weighted by atomic mass is 10.3. The van der Waals surface area contributed by atoms with Crippen LogP contribution in [-0.2, 0) is 0 Å². The topological polar surface area (TPSA) is 53.3 Å². The molecule has 0 aliphatic rings. The highest BCUT2D eigenvalue weighted by molar-refractivity contribution is 5.49. The van der Waals surface area contributed by atoms with E-state index in [4.69, 9.17) is 15.6 Å². The van der Waals surface area contributed by atoms with E-state index < -0.39 is 0 Å². The Morgan fingerprint density at radius 1 is 1.50 bits per heavy atom. The average Bonchev–Trinajstić information content (AvgIpc) is 1.88. The molecule has 0 aliphatic heterocycles. The van der Waals surface area contributed by atoms with Crippen molar-refractivity contribution < 1.29 is 9.84 Å². The van der Waals surface area contributed by atoms with Gasteiger partial charge in [-0.05, 0) is 12.1 Å². The first kappa shape index (κ1) is 6.74. The summed E-state index contributed by atoms with van der Waals surface area (Å²) in [5, 5.41) is 9.05. The molecule has 0 aliphatic carbocycles. The van der Waals surface area contributed by atoms with Gasteiger partial charge < -0.3 is 15.6 Å². The molecule has 0 atom stereocenters. The van der Waals surface area contributed by atoms with Gasteiger partial charge in [-0.2, -0.15) is 0 Å². The molecule has 0 aromatic heterocycles. The van der Waals surface area contributed by atoms with Crippen LogP contribution in [0.2, 0.25) is 0 Å². The van der Waals surface area contributed by atoms with Gasteiger partial charge >= 0.3 is 0 Å². The molecular formula is C7H8NO2. The number of benzene rings is 1. The lowest BCUT2D eigenvalue weighted by Crippen LogP contribution is -1.82. The number of aromatic hydroxyl groups is 1. The van der Waals surface area contributed by atoms with Gasteiger partial charge in [0.2, 0.25) is 0 Å². The highest BCUT2D eigenvalue weighted by Gasteiger charge is 1.98. The largest absolute Gasteiger partial charge is 0.504 e. The quantitative estimate of drug-likeness (QED) is 0.636. The standard InChI is InChI=1S/C7H8NO2/c1-10-7-3-2-5(8)4-6(7)9/h2-4,8-9H,1H3. The molecule has 1 aromatic carbocycles. The van der Waals surface area contributed by atoms with Crippen molar-refractivity contribution in [1.29, 1.82) is 0 Å². The van der Waals surface area contributed by atoms with Crippen molar-refractivity contribution in [3.63, 3.8) is 0 Å².